The van der Waals surface area contributed by atoms with E-state index in [2.05, 4.69) is 13.8 Å². The molecule has 0 rings (SSSR count). The average molecular weight is 646 g/mol. The van der Waals surface area contributed by atoms with Gasteiger partial charge in [-0.3, -0.25) is 4.79 Å². The Morgan fingerprint density at radius 2 is 0.868 bits per heavy atom. The number of halogens is 17. The molecule has 0 amide bonds. The maximum absolute atomic E-state index is 13.0. The standard InChI is InChI=1S/C8HF17O3S.C7H15OS/c9-1(10,3(13,14)5(17,18)7(21,22)23)2(11,12)4(15,16)6(19,20)8(24,25)29(26,27)28;1-4-9(5-2)6-7(3)8/h(H,26,27,28);4-6H2,1-3H3/q;+1/p-1. The molecule has 0 spiro atoms. The fourth-order valence-electron chi connectivity index (χ4n) is 2.00. The second-order valence-electron chi connectivity index (χ2n) is 6.95. The first kappa shape index (κ1) is 38.9. The molecule has 0 aromatic rings. The van der Waals surface area contributed by atoms with E-state index in [1.165, 1.54) is 0 Å². The molecule has 0 unspecified atom stereocenters. The first-order valence-electron chi connectivity index (χ1n) is 9.00. The van der Waals surface area contributed by atoms with Gasteiger partial charge in [0.1, 0.15) is 11.5 Å². The minimum absolute atomic E-state index is 0.335. The van der Waals surface area contributed by atoms with E-state index in [9.17, 15) is 92.4 Å². The van der Waals surface area contributed by atoms with Gasteiger partial charge in [0.2, 0.25) is 0 Å². The van der Waals surface area contributed by atoms with Crippen LogP contribution < -0.4 is 0 Å². The summed E-state index contributed by atoms with van der Waals surface area (Å²) in [5.74, 6) is -48.7. The number of carbonyl (C=O) groups is 1. The van der Waals surface area contributed by atoms with Crippen molar-refractivity contribution in [2.24, 2.45) is 0 Å². The van der Waals surface area contributed by atoms with E-state index >= 15 is 0 Å². The van der Waals surface area contributed by atoms with E-state index in [1.54, 1.807) is 6.92 Å². The lowest BCUT2D eigenvalue weighted by molar-refractivity contribution is -0.458. The Morgan fingerprint density at radius 3 is 1.05 bits per heavy atom. The van der Waals surface area contributed by atoms with E-state index in [4.69, 9.17) is 0 Å². The molecule has 0 saturated carbocycles. The van der Waals surface area contributed by atoms with Gasteiger partial charge in [-0.25, -0.2) is 8.42 Å². The summed E-state index contributed by atoms with van der Waals surface area (Å²) in [6.07, 6.45) is -7.89. The lowest BCUT2D eigenvalue weighted by Crippen LogP contribution is -2.75. The Labute approximate surface area is 205 Å². The molecule has 4 nitrogen and oxygen atoms in total. The molecule has 0 radical (unpaired) electrons. The minimum Gasteiger partial charge on any atom is -0.743 e. The second kappa shape index (κ2) is 11.3. The van der Waals surface area contributed by atoms with Crippen LogP contribution in [0.2, 0.25) is 0 Å². The summed E-state index contributed by atoms with van der Waals surface area (Å²) >= 11 is 0. The minimum atomic E-state index is -8.92. The summed E-state index contributed by atoms with van der Waals surface area (Å²) in [6, 6.07) is 0. The third kappa shape index (κ3) is 6.38. The number of Topliss-reactive ketones (excluding diaryl/α,β-unsaturated/α-hetero) is 1. The van der Waals surface area contributed by atoms with Gasteiger partial charge >= 0.3 is 47.0 Å². The lowest BCUT2D eigenvalue weighted by atomic mass is 9.91. The predicted octanol–water partition coefficient (Wildman–Crippen LogP) is 5.73. The fourth-order valence-corrected chi connectivity index (χ4v) is 3.84. The third-order valence-corrected chi connectivity index (χ3v) is 7.56. The Morgan fingerprint density at radius 1 is 0.605 bits per heavy atom. The van der Waals surface area contributed by atoms with Gasteiger partial charge in [0, 0.05) is 0 Å². The number of hydrogen-bond donors (Lipinski definition) is 0. The molecule has 0 aromatic heterocycles. The van der Waals surface area contributed by atoms with Crippen molar-refractivity contribution in [3.8, 4) is 0 Å². The summed E-state index contributed by atoms with van der Waals surface area (Å²) in [5.41, 5.74) is 0. The van der Waals surface area contributed by atoms with Crippen LogP contribution in [-0.2, 0) is 25.8 Å². The van der Waals surface area contributed by atoms with Crippen LogP contribution in [0.3, 0.4) is 0 Å². The van der Waals surface area contributed by atoms with Crippen LogP contribution in [0.5, 0.6) is 0 Å². The van der Waals surface area contributed by atoms with Crippen LogP contribution in [0.25, 0.3) is 0 Å². The SMILES string of the molecule is CC[S+](CC)CC(C)=O.O=S(=O)([O-])C(F)(F)C(F)(F)C(F)(F)C(F)(F)C(F)(F)C(F)(F)C(F)(F)C(F)(F)F. The Kier molecular flexibility index (Phi) is 11.6. The molecule has 0 aliphatic carbocycles. The average Bonchev–Trinajstić information content (AvgIpc) is 2.69. The van der Waals surface area contributed by atoms with Gasteiger partial charge in [0.25, 0.3) is 0 Å². The van der Waals surface area contributed by atoms with Crippen LogP contribution >= 0.6 is 0 Å². The van der Waals surface area contributed by atoms with Crippen molar-refractivity contribution in [3.63, 3.8) is 0 Å². The number of rotatable bonds is 11. The molecule has 0 aliphatic rings. The lowest BCUT2D eigenvalue weighted by Gasteiger charge is -2.42. The van der Waals surface area contributed by atoms with Gasteiger partial charge in [0.15, 0.2) is 21.7 Å². The maximum Gasteiger partial charge on any atom is 0.460 e. The molecule has 0 aromatic carbocycles. The molecule has 0 bridgehead atoms. The van der Waals surface area contributed by atoms with Crippen molar-refractivity contribution in [1.82, 2.24) is 0 Å². The van der Waals surface area contributed by atoms with Crippen molar-refractivity contribution < 1.29 is 92.4 Å². The molecule has 0 heterocycles. The van der Waals surface area contributed by atoms with Gasteiger partial charge in [-0.2, -0.15) is 74.6 Å². The summed E-state index contributed by atoms with van der Waals surface area (Å²) in [6.45, 7) is 5.97. The number of carbonyl (C=O) groups excluding carboxylic acids is 1. The molecule has 230 valence electrons. The zero-order valence-corrected chi connectivity index (χ0v) is 20.1. The predicted molar refractivity (Wildman–Crippen MR) is 94.4 cm³/mol. The maximum atomic E-state index is 13.0. The molecule has 0 saturated heterocycles. The zero-order valence-electron chi connectivity index (χ0n) is 18.5. The summed E-state index contributed by atoms with van der Waals surface area (Å²) in [7, 11) is -7.76. The largest absolute Gasteiger partial charge is 0.743 e. The molecule has 38 heavy (non-hydrogen) atoms. The zero-order chi connectivity index (χ0) is 31.8. The van der Waals surface area contributed by atoms with Gasteiger partial charge in [-0.05, 0) is 31.7 Å². The van der Waals surface area contributed by atoms with Crippen molar-refractivity contribution in [1.29, 1.82) is 0 Å². The highest BCUT2D eigenvalue weighted by Crippen LogP contribution is 2.64. The molecule has 23 heteroatoms. The molecule has 0 atom stereocenters. The van der Waals surface area contributed by atoms with Crippen LogP contribution in [0, 0.1) is 0 Å². The highest BCUT2D eigenvalue weighted by molar-refractivity contribution is 7.97. The first-order chi connectivity index (χ1) is 16.2. The van der Waals surface area contributed by atoms with E-state index in [0.29, 0.717) is 16.7 Å². The topological polar surface area (TPSA) is 74.3 Å². The van der Waals surface area contributed by atoms with Crippen molar-refractivity contribution in [2.45, 2.75) is 67.7 Å². The Balaban J connectivity index is 0. The highest BCUT2D eigenvalue weighted by Gasteiger charge is 2.95. The molecular weight excluding hydrogens is 631 g/mol. The number of ketones is 1. The molecule has 0 fully saturated rings. The van der Waals surface area contributed by atoms with E-state index in [1.807, 2.05) is 0 Å². The van der Waals surface area contributed by atoms with Crippen LogP contribution in [0.15, 0.2) is 0 Å². The van der Waals surface area contributed by atoms with E-state index < -0.39 is 57.1 Å². The second-order valence-corrected chi connectivity index (χ2v) is 11.0. The van der Waals surface area contributed by atoms with Crippen molar-refractivity contribution in [2.75, 3.05) is 17.3 Å². The van der Waals surface area contributed by atoms with Gasteiger partial charge in [0.05, 0.1) is 0 Å². The summed E-state index contributed by atoms with van der Waals surface area (Å²) in [4.78, 5) is 10.6. The number of hydrogen-bond acceptors (Lipinski definition) is 4. The summed E-state index contributed by atoms with van der Waals surface area (Å²) in [5, 5.41) is -7.95. The van der Waals surface area contributed by atoms with Crippen LogP contribution in [0.4, 0.5) is 74.6 Å². The Bertz CT molecular complexity index is 924. The first-order valence-corrected chi connectivity index (χ1v) is 12.1. The monoisotopic (exact) mass is 646 g/mol. The van der Waals surface area contributed by atoms with Gasteiger partial charge < -0.3 is 4.55 Å². The quantitative estimate of drug-likeness (QED) is 0.163. The normalized spacial score (nSPS) is 15.3. The fraction of sp³-hybridized carbons (Fsp3) is 0.933. The number of alkyl halides is 17. The van der Waals surface area contributed by atoms with Crippen molar-refractivity contribution in [3.05, 3.63) is 0 Å². The van der Waals surface area contributed by atoms with Crippen molar-refractivity contribution >= 4 is 26.8 Å². The third-order valence-electron chi connectivity index (χ3n) is 4.23. The van der Waals surface area contributed by atoms with E-state index in [0.717, 1.165) is 17.3 Å². The highest BCUT2D eigenvalue weighted by atomic mass is 32.2. The molecule has 0 N–H and O–H groups in total. The van der Waals surface area contributed by atoms with Crippen LogP contribution in [-0.4, -0.2) is 83.0 Å². The Hall–Kier alpha value is -1.26. The van der Waals surface area contributed by atoms with Gasteiger partial charge in [-0.1, -0.05) is 0 Å². The summed E-state index contributed by atoms with van der Waals surface area (Å²) < 4.78 is 244. The van der Waals surface area contributed by atoms with E-state index in [-0.39, 0.29) is 0 Å². The van der Waals surface area contributed by atoms with Gasteiger partial charge in [-0.15, -0.1) is 0 Å². The molecule has 0 aliphatic heterocycles. The molecular formula is C15H15F17O4S2. The van der Waals surface area contributed by atoms with Crippen LogP contribution in [0.1, 0.15) is 20.8 Å². The smallest absolute Gasteiger partial charge is 0.460 e.